The van der Waals surface area contributed by atoms with Crippen LogP contribution in [-0.2, 0) is 6.54 Å². The van der Waals surface area contributed by atoms with Gasteiger partial charge in [0, 0.05) is 33.0 Å². The number of imidazole rings is 1. The molecule has 0 fully saturated rings. The molecule has 0 unspecified atom stereocenters. The van der Waals surface area contributed by atoms with Crippen LogP contribution in [0.2, 0.25) is 0 Å². The topological polar surface area (TPSA) is 33.4 Å². The lowest BCUT2D eigenvalue weighted by atomic mass is 10.6. The van der Waals surface area contributed by atoms with E-state index in [1.54, 1.807) is 12.5 Å². The van der Waals surface area contributed by atoms with E-state index in [4.69, 9.17) is 0 Å². The normalized spacial score (nSPS) is 10.6. The molecule has 0 saturated heterocycles. The molecular weight excluding hydrogens is 164 g/mol. The van der Waals surface area contributed by atoms with E-state index in [2.05, 4.69) is 16.6 Å². The maximum atomic E-state index is 4.19. The maximum absolute atomic E-state index is 4.19. The summed E-state index contributed by atoms with van der Waals surface area (Å²) >= 11 is 0. The van der Waals surface area contributed by atoms with Crippen LogP contribution < -0.4 is 0 Å². The Balaban J connectivity index is 2.75. The van der Waals surface area contributed by atoms with Gasteiger partial charge in [-0.3, -0.25) is 0 Å². The smallest absolute Gasteiger partial charge is 0.231 e. The van der Waals surface area contributed by atoms with E-state index in [9.17, 15) is 0 Å². The van der Waals surface area contributed by atoms with Crippen LogP contribution in [0.25, 0.3) is 0 Å². The molecule has 1 aromatic rings. The molecule has 0 N–H and O–H groups in total. The number of aromatic nitrogens is 2. The third-order valence-electron chi connectivity index (χ3n) is 1.42. The summed E-state index contributed by atoms with van der Waals surface area (Å²) in [7, 11) is 3.84. The van der Waals surface area contributed by atoms with Gasteiger partial charge in [0.05, 0.1) is 6.34 Å². The monoisotopic (exact) mass is 178 g/mol. The van der Waals surface area contributed by atoms with Crippen molar-refractivity contribution >= 4 is 12.3 Å². The van der Waals surface area contributed by atoms with Crippen molar-refractivity contribution in [3.8, 4) is 0 Å². The minimum absolute atomic E-state index is 0.702. The van der Waals surface area contributed by atoms with Crippen LogP contribution in [0, 0.1) is 0 Å². The SMILES string of the molecule is C=CCn1ccnc1N=CN(C)C. The third kappa shape index (κ3) is 2.74. The Labute approximate surface area is 78.2 Å². The summed E-state index contributed by atoms with van der Waals surface area (Å²) in [5.74, 6) is 0.702. The van der Waals surface area contributed by atoms with Crippen LogP contribution in [0.3, 0.4) is 0 Å². The molecule has 4 heteroatoms. The second-order valence-corrected chi connectivity index (χ2v) is 2.88. The zero-order chi connectivity index (χ0) is 9.68. The summed E-state index contributed by atoms with van der Waals surface area (Å²) in [6.45, 7) is 4.40. The van der Waals surface area contributed by atoms with Crippen LogP contribution in [0.1, 0.15) is 0 Å². The number of aliphatic imine (C=N–C) groups is 1. The molecule has 0 spiro atoms. The molecule has 4 nitrogen and oxygen atoms in total. The lowest BCUT2D eigenvalue weighted by Gasteiger charge is -2.03. The summed E-state index contributed by atoms with van der Waals surface area (Å²) in [4.78, 5) is 10.2. The van der Waals surface area contributed by atoms with Gasteiger partial charge >= 0.3 is 0 Å². The third-order valence-corrected chi connectivity index (χ3v) is 1.42. The fourth-order valence-electron chi connectivity index (χ4n) is 0.877. The fourth-order valence-corrected chi connectivity index (χ4v) is 0.877. The molecule has 1 aromatic heterocycles. The van der Waals surface area contributed by atoms with Crippen molar-refractivity contribution in [2.24, 2.45) is 4.99 Å². The van der Waals surface area contributed by atoms with E-state index in [-0.39, 0.29) is 0 Å². The Morgan fingerprint density at radius 1 is 1.69 bits per heavy atom. The summed E-state index contributed by atoms with van der Waals surface area (Å²) in [5.41, 5.74) is 0. The van der Waals surface area contributed by atoms with Gasteiger partial charge in [-0.15, -0.1) is 6.58 Å². The first kappa shape index (κ1) is 9.51. The Kier molecular flexibility index (Phi) is 3.25. The van der Waals surface area contributed by atoms with Crippen molar-refractivity contribution in [3.63, 3.8) is 0 Å². The van der Waals surface area contributed by atoms with Crippen LogP contribution >= 0.6 is 0 Å². The molecule has 0 aromatic carbocycles. The zero-order valence-corrected chi connectivity index (χ0v) is 8.01. The molecule has 70 valence electrons. The first-order chi connectivity index (χ1) is 6.24. The van der Waals surface area contributed by atoms with Crippen LogP contribution in [0.15, 0.2) is 30.0 Å². The summed E-state index contributed by atoms with van der Waals surface area (Å²) in [6, 6.07) is 0. The first-order valence-electron chi connectivity index (χ1n) is 4.06. The highest BCUT2D eigenvalue weighted by Crippen LogP contribution is 2.07. The summed E-state index contributed by atoms with van der Waals surface area (Å²) in [6.07, 6.45) is 7.15. The van der Waals surface area contributed by atoms with Gasteiger partial charge in [-0.2, -0.15) is 0 Å². The van der Waals surface area contributed by atoms with Crippen molar-refractivity contribution in [3.05, 3.63) is 25.0 Å². The van der Waals surface area contributed by atoms with E-state index in [0.717, 1.165) is 6.54 Å². The predicted molar refractivity (Wildman–Crippen MR) is 54.3 cm³/mol. The molecule has 0 amide bonds. The standard InChI is InChI=1S/C9H14N4/c1-4-6-13-7-5-10-9(13)11-8-12(2)3/h4-5,7-8H,1,6H2,2-3H3. The molecule has 0 aliphatic rings. The molecule has 0 atom stereocenters. The second-order valence-electron chi connectivity index (χ2n) is 2.88. The van der Waals surface area contributed by atoms with Gasteiger partial charge < -0.3 is 9.47 Å². The van der Waals surface area contributed by atoms with Crippen molar-refractivity contribution in [2.45, 2.75) is 6.54 Å². The van der Waals surface area contributed by atoms with Gasteiger partial charge in [0.15, 0.2) is 0 Å². The van der Waals surface area contributed by atoms with Gasteiger partial charge in [0.2, 0.25) is 5.95 Å². The Morgan fingerprint density at radius 3 is 3.08 bits per heavy atom. The number of hydrogen-bond donors (Lipinski definition) is 0. The molecule has 13 heavy (non-hydrogen) atoms. The number of allylic oxidation sites excluding steroid dienone is 1. The minimum atomic E-state index is 0.702. The molecule has 1 heterocycles. The second kappa shape index (κ2) is 4.45. The van der Waals surface area contributed by atoms with E-state index in [0.29, 0.717) is 5.95 Å². The average Bonchev–Trinajstić information content (AvgIpc) is 2.49. The average molecular weight is 178 g/mol. The minimum Gasteiger partial charge on any atom is -0.369 e. The predicted octanol–water partition coefficient (Wildman–Crippen LogP) is 1.29. The molecular formula is C9H14N4. The number of nitrogens with zero attached hydrogens (tertiary/aromatic N) is 4. The highest BCUT2D eigenvalue weighted by molar-refractivity contribution is 5.57. The van der Waals surface area contributed by atoms with Gasteiger partial charge in [0.1, 0.15) is 0 Å². The maximum Gasteiger partial charge on any atom is 0.231 e. The van der Waals surface area contributed by atoms with Crippen molar-refractivity contribution < 1.29 is 0 Å². The highest BCUT2D eigenvalue weighted by Gasteiger charge is 1.96. The lowest BCUT2D eigenvalue weighted by Crippen LogP contribution is -2.07. The van der Waals surface area contributed by atoms with Gasteiger partial charge in [0.25, 0.3) is 0 Å². The van der Waals surface area contributed by atoms with E-state index >= 15 is 0 Å². The van der Waals surface area contributed by atoms with Crippen LogP contribution in [0.5, 0.6) is 0 Å². The van der Waals surface area contributed by atoms with E-state index in [1.165, 1.54) is 0 Å². The first-order valence-corrected chi connectivity index (χ1v) is 4.06. The fraction of sp³-hybridized carbons (Fsp3) is 0.333. The summed E-state index contributed by atoms with van der Waals surface area (Å²) in [5, 5.41) is 0. The van der Waals surface area contributed by atoms with Crippen molar-refractivity contribution in [2.75, 3.05) is 14.1 Å². The largest absolute Gasteiger partial charge is 0.369 e. The molecule has 1 rings (SSSR count). The lowest BCUT2D eigenvalue weighted by molar-refractivity contribution is 0.641. The van der Waals surface area contributed by atoms with Gasteiger partial charge in [-0.1, -0.05) is 6.08 Å². The van der Waals surface area contributed by atoms with Crippen molar-refractivity contribution in [1.29, 1.82) is 0 Å². The molecule has 0 aliphatic carbocycles. The Hall–Kier alpha value is -1.58. The van der Waals surface area contributed by atoms with Crippen molar-refractivity contribution in [1.82, 2.24) is 14.5 Å². The molecule has 0 radical (unpaired) electrons. The van der Waals surface area contributed by atoms with Crippen LogP contribution in [-0.4, -0.2) is 34.9 Å². The Morgan fingerprint density at radius 2 is 2.46 bits per heavy atom. The quantitative estimate of drug-likeness (QED) is 0.395. The molecule has 0 bridgehead atoms. The van der Waals surface area contributed by atoms with E-state index in [1.807, 2.05) is 35.8 Å². The van der Waals surface area contributed by atoms with E-state index < -0.39 is 0 Å². The zero-order valence-electron chi connectivity index (χ0n) is 8.01. The number of hydrogen-bond acceptors (Lipinski definition) is 2. The van der Waals surface area contributed by atoms with Gasteiger partial charge in [-0.25, -0.2) is 9.98 Å². The highest BCUT2D eigenvalue weighted by atomic mass is 15.2. The summed E-state index contributed by atoms with van der Waals surface area (Å²) < 4.78 is 1.92. The molecule has 0 saturated carbocycles. The van der Waals surface area contributed by atoms with Crippen LogP contribution in [0.4, 0.5) is 5.95 Å². The molecule has 0 aliphatic heterocycles. The number of rotatable bonds is 4. The van der Waals surface area contributed by atoms with Gasteiger partial charge in [-0.05, 0) is 0 Å². The Bertz CT molecular complexity index is 298.